The number of nitrogens with one attached hydrogen (secondary N) is 1. The number of halogens is 1. The quantitative estimate of drug-likeness (QED) is 0.714. The van der Waals surface area contributed by atoms with Crippen molar-refractivity contribution in [1.29, 1.82) is 0 Å². The molecule has 2 amide bonds. The van der Waals surface area contributed by atoms with Crippen LogP contribution in [-0.2, 0) is 14.3 Å². The van der Waals surface area contributed by atoms with E-state index in [-0.39, 0.29) is 30.3 Å². The van der Waals surface area contributed by atoms with Crippen LogP contribution >= 0.6 is 12.4 Å². The van der Waals surface area contributed by atoms with Gasteiger partial charge in [-0.25, -0.2) is 0 Å². The van der Waals surface area contributed by atoms with Crippen LogP contribution in [0.25, 0.3) is 0 Å². The number of hydrogen-bond donors (Lipinski definition) is 2. The van der Waals surface area contributed by atoms with Gasteiger partial charge in [0.05, 0.1) is 18.0 Å². The van der Waals surface area contributed by atoms with Gasteiger partial charge in [0.1, 0.15) is 12.4 Å². The van der Waals surface area contributed by atoms with Crippen LogP contribution in [0.1, 0.15) is 19.3 Å². The van der Waals surface area contributed by atoms with Gasteiger partial charge in [-0.15, -0.1) is 12.4 Å². The Balaban J connectivity index is 0.00000261. The first-order valence-electron chi connectivity index (χ1n) is 9.17. The lowest BCUT2D eigenvalue weighted by molar-refractivity contribution is -0.136. The second-order valence-electron chi connectivity index (χ2n) is 6.97. The molecule has 2 fully saturated rings. The highest BCUT2D eigenvalue weighted by atomic mass is 35.5. The maximum Gasteiger partial charge on any atom is 0.227 e. The second kappa shape index (κ2) is 9.92. The number of rotatable bonds is 7. The summed E-state index contributed by atoms with van der Waals surface area (Å²) in [6.45, 7) is 2.86. The predicted molar refractivity (Wildman–Crippen MR) is 104 cm³/mol. The average Bonchev–Trinajstić information content (AvgIpc) is 3.02. The normalized spacial score (nSPS) is 21.4. The molecule has 1 unspecified atom stereocenters. The molecule has 0 spiro atoms. The van der Waals surface area contributed by atoms with Gasteiger partial charge in [-0.3, -0.25) is 9.59 Å². The van der Waals surface area contributed by atoms with Crippen LogP contribution in [0.5, 0.6) is 5.75 Å². The van der Waals surface area contributed by atoms with E-state index < -0.39 is 5.41 Å². The van der Waals surface area contributed by atoms with E-state index in [1.165, 1.54) is 0 Å². The standard InChI is InChI=1S/C19H27N3O4.ClH/c20-14-19(6-9-25-10-7-19)18(24)21-15-12-17(23)22(13-15)8-11-26-16-4-2-1-3-5-16;/h1-5,15H,6-14,20H2,(H,21,24);1H. The Morgan fingerprint density at radius 3 is 2.67 bits per heavy atom. The summed E-state index contributed by atoms with van der Waals surface area (Å²) in [5.41, 5.74) is 5.31. The molecule has 0 saturated carbocycles. The van der Waals surface area contributed by atoms with Crippen LogP contribution in [0.2, 0.25) is 0 Å². The van der Waals surface area contributed by atoms with Crippen molar-refractivity contribution >= 4 is 24.2 Å². The molecule has 7 nitrogen and oxygen atoms in total. The molecule has 0 radical (unpaired) electrons. The molecule has 27 heavy (non-hydrogen) atoms. The second-order valence-corrected chi connectivity index (χ2v) is 6.97. The van der Waals surface area contributed by atoms with Gasteiger partial charge in [0.15, 0.2) is 0 Å². The first-order valence-corrected chi connectivity index (χ1v) is 9.17. The van der Waals surface area contributed by atoms with Crippen molar-refractivity contribution in [3.05, 3.63) is 30.3 Å². The van der Waals surface area contributed by atoms with Gasteiger partial charge in [0.25, 0.3) is 0 Å². The highest BCUT2D eigenvalue weighted by Crippen LogP contribution is 2.30. The molecule has 1 aromatic carbocycles. The Hall–Kier alpha value is -1.83. The largest absolute Gasteiger partial charge is 0.492 e. The number of carbonyl (C=O) groups excluding carboxylic acids is 2. The molecule has 2 aliphatic rings. The van der Waals surface area contributed by atoms with Gasteiger partial charge >= 0.3 is 0 Å². The third-order valence-electron chi connectivity index (χ3n) is 5.25. The summed E-state index contributed by atoms with van der Waals surface area (Å²) in [5, 5.41) is 3.03. The Labute approximate surface area is 166 Å². The molecule has 0 aromatic heterocycles. The molecule has 0 bridgehead atoms. The topological polar surface area (TPSA) is 93.9 Å². The molecular weight excluding hydrogens is 370 g/mol. The number of para-hydroxylation sites is 1. The van der Waals surface area contributed by atoms with Crippen LogP contribution in [0.3, 0.4) is 0 Å². The molecule has 1 atom stereocenters. The van der Waals surface area contributed by atoms with Gasteiger partial charge in [-0.05, 0) is 25.0 Å². The van der Waals surface area contributed by atoms with Crippen molar-refractivity contribution in [3.8, 4) is 5.75 Å². The van der Waals surface area contributed by atoms with Crippen LogP contribution < -0.4 is 15.8 Å². The highest BCUT2D eigenvalue weighted by molar-refractivity contribution is 5.86. The first-order chi connectivity index (χ1) is 12.6. The Morgan fingerprint density at radius 1 is 1.30 bits per heavy atom. The van der Waals surface area contributed by atoms with Crippen molar-refractivity contribution in [1.82, 2.24) is 10.2 Å². The molecule has 1 aromatic rings. The van der Waals surface area contributed by atoms with Gasteiger partial charge < -0.3 is 25.4 Å². The summed E-state index contributed by atoms with van der Waals surface area (Å²) in [6, 6.07) is 9.34. The Bertz CT molecular complexity index is 623. The number of hydrogen-bond acceptors (Lipinski definition) is 5. The van der Waals surface area contributed by atoms with E-state index in [4.69, 9.17) is 15.2 Å². The molecule has 2 heterocycles. The zero-order valence-corrected chi connectivity index (χ0v) is 16.2. The third kappa shape index (κ3) is 5.34. The van der Waals surface area contributed by atoms with E-state index >= 15 is 0 Å². The third-order valence-corrected chi connectivity index (χ3v) is 5.25. The fourth-order valence-electron chi connectivity index (χ4n) is 3.50. The minimum Gasteiger partial charge on any atom is -0.492 e. The average molecular weight is 398 g/mol. The maximum atomic E-state index is 12.7. The molecule has 2 saturated heterocycles. The molecule has 2 aliphatic heterocycles. The summed E-state index contributed by atoms with van der Waals surface area (Å²) < 4.78 is 11.0. The first kappa shape index (κ1) is 21.5. The zero-order chi connectivity index (χ0) is 18.4. The van der Waals surface area contributed by atoms with Crippen LogP contribution in [-0.4, -0.2) is 62.2 Å². The molecular formula is C19H28ClN3O4. The number of amides is 2. The van der Waals surface area contributed by atoms with Gasteiger partial charge in [-0.2, -0.15) is 0 Å². The van der Waals surface area contributed by atoms with E-state index in [0.717, 1.165) is 5.75 Å². The monoisotopic (exact) mass is 397 g/mol. The zero-order valence-electron chi connectivity index (χ0n) is 15.4. The van der Waals surface area contributed by atoms with Gasteiger partial charge in [0, 0.05) is 32.7 Å². The van der Waals surface area contributed by atoms with E-state index in [2.05, 4.69) is 5.32 Å². The van der Waals surface area contributed by atoms with Crippen molar-refractivity contribution in [2.45, 2.75) is 25.3 Å². The number of nitrogens with two attached hydrogens (primary N) is 1. The predicted octanol–water partition coefficient (Wildman–Crippen LogP) is 0.960. The smallest absolute Gasteiger partial charge is 0.227 e. The SMILES string of the molecule is Cl.NCC1(C(=O)NC2CC(=O)N(CCOc3ccccc3)C2)CCOCC1. The summed E-state index contributed by atoms with van der Waals surface area (Å²) in [6.07, 6.45) is 1.59. The summed E-state index contributed by atoms with van der Waals surface area (Å²) in [7, 11) is 0. The number of benzene rings is 1. The minimum atomic E-state index is -0.564. The van der Waals surface area contributed by atoms with E-state index in [0.29, 0.717) is 58.7 Å². The fourth-order valence-corrected chi connectivity index (χ4v) is 3.50. The fraction of sp³-hybridized carbons (Fsp3) is 0.579. The highest BCUT2D eigenvalue weighted by Gasteiger charge is 2.41. The molecule has 3 N–H and O–H groups in total. The number of nitrogens with zero attached hydrogens (tertiary/aromatic N) is 1. The molecule has 0 aliphatic carbocycles. The molecule has 3 rings (SSSR count). The number of carbonyl (C=O) groups is 2. The van der Waals surface area contributed by atoms with Crippen molar-refractivity contribution in [2.75, 3.05) is 39.5 Å². The Kier molecular flexibility index (Phi) is 7.89. The lowest BCUT2D eigenvalue weighted by Crippen LogP contribution is -2.52. The summed E-state index contributed by atoms with van der Waals surface area (Å²) >= 11 is 0. The Morgan fingerprint density at radius 2 is 2.00 bits per heavy atom. The van der Waals surface area contributed by atoms with Crippen LogP contribution in [0.15, 0.2) is 30.3 Å². The van der Waals surface area contributed by atoms with E-state index in [1.54, 1.807) is 4.90 Å². The number of likely N-dealkylation sites (tertiary alicyclic amines) is 1. The minimum absolute atomic E-state index is 0. The maximum absolute atomic E-state index is 12.7. The number of ether oxygens (including phenoxy) is 2. The summed E-state index contributed by atoms with van der Waals surface area (Å²) in [4.78, 5) is 26.7. The van der Waals surface area contributed by atoms with Crippen molar-refractivity contribution in [3.63, 3.8) is 0 Å². The van der Waals surface area contributed by atoms with Crippen LogP contribution in [0, 0.1) is 5.41 Å². The van der Waals surface area contributed by atoms with Crippen LogP contribution in [0.4, 0.5) is 0 Å². The van der Waals surface area contributed by atoms with E-state index in [9.17, 15) is 9.59 Å². The lowest BCUT2D eigenvalue weighted by atomic mass is 9.79. The van der Waals surface area contributed by atoms with E-state index in [1.807, 2.05) is 30.3 Å². The van der Waals surface area contributed by atoms with Gasteiger partial charge in [0.2, 0.25) is 11.8 Å². The van der Waals surface area contributed by atoms with Crippen molar-refractivity contribution in [2.24, 2.45) is 11.1 Å². The van der Waals surface area contributed by atoms with Gasteiger partial charge in [-0.1, -0.05) is 18.2 Å². The molecule has 150 valence electrons. The molecule has 8 heteroatoms. The lowest BCUT2D eigenvalue weighted by Gasteiger charge is -2.35. The van der Waals surface area contributed by atoms with Crippen molar-refractivity contribution < 1.29 is 19.1 Å². The summed E-state index contributed by atoms with van der Waals surface area (Å²) in [5.74, 6) is 0.776.